The van der Waals surface area contributed by atoms with Crippen molar-refractivity contribution in [3.63, 3.8) is 0 Å². The first-order valence-electron chi connectivity index (χ1n) is 7.66. The van der Waals surface area contributed by atoms with E-state index in [0.717, 1.165) is 12.0 Å². The lowest BCUT2D eigenvalue weighted by Crippen LogP contribution is -2.38. The van der Waals surface area contributed by atoms with Gasteiger partial charge in [-0.15, -0.1) is 0 Å². The maximum Gasteiger partial charge on any atom is 0.309 e. The summed E-state index contributed by atoms with van der Waals surface area (Å²) in [5.74, 6) is 0.684. The average Bonchev–Trinajstić information content (AvgIpc) is 2.62. The van der Waals surface area contributed by atoms with Crippen molar-refractivity contribution in [2.75, 3.05) is 0 Å². The number of hydrogen-bond donors (Lipinski definition) is 0. The van der Waals surface area contributed by atoms with Crippen LogP contribution in [-0.4, -0.2) is 25.4 Å². The van der Waals surface area contributed by atoms with Crippen LogP contribution in [-0.2, 0) is 20.9 Å². The van der Waals surface area contributed by atoms with Crippen LogP contribution in [0.25, 0.3) is 0 Å². The molecule has 110 valence electrons. The highest BCUT2D eigenvalue weighted by molar-refractivity contribution is 6.11. The summed E-state index contributed by atoms with van der Waals surface area (Å²) in [5.41, 5.74) is 0.546. The Hall–Kier alpha value is -1.55. The fourth-order valence-electron chi connectivity index (χ4n) is 3.60. The smallest absolute Gasteiger partial charge is 0.309 e. The van der Waals surface area contributed by atoms with Crippen LogP contribution < -0.4 is 0 Å². The molecule has 1 aromatic rings. The Bertz CT molecular complexity index is 542. The Morgan fingerprint density at radius 2 is 2.19 bits per heavy atom. The Morgan fingerprint density at radius 3 is 2.95 bits per heavy atom. The lowest BCUT2D eigenvalue weighted by atomic mass is 9.70. The minimum atomic E-state index is -0.462. The normalized spacial score (nSPS) is 33.9. The minimum absolute atomic E-state index is 0.190. The van der Waals surface area contributed by atoms with E-state index < -0.39 is 5.60 Å². The number of hydrogen-bond acceptors (Lipinski definition) is 3. The number of fused-ring (bicyclic) bond motifs is 2. The summed E-state index contributed by atoms with van der Waals surface area (Å²) in [6, 6.07) is 9.96. The predicted molar refractivity (Wildman–Crippen MR) is 83.4 cm³/mol. The van der Waals surface area contributed by atoms with Gasteiger partial charge in [-0.2, -0.15) is 0 Å². The quantitative estimate of drug-likeness (QED) is 0.482. The van der Waals surface area contributed by atoms with Crippen LogP contribution in [0.4, 0.5) is 0 Å². The zero-order valence-corrected chi connectivity index (χ0v) is 12.6. The van der Waals surface area contributed by atoms with Crippen LogP contribution >= 0.6 is 0 Å². The van der Waals surface area contributed by atoms with E-state index in [4.69, 9.17) is 9.47 Å². The summed E-state index contributed by atoms with van der Waals surface area (Å²) in [4.78, 5) is 12.2. The number of ether oxygens (including phenoxy) is 2. The van der Waals surface area contributed by atoms with E-state index in [-0.39, 0.29) is 12.0 Å². The Balaban J connectivity index is 1.62. The topological polar surface area (TPSA) is 35.5 Å². The Labute approximate surface area is 126 Å². The van der Waals surface area contributed by atoms with E-state index in [0.29, 0.717) is 24.9 Å². The maximum absolute atomic E-state index is 12.2. The van der Waals surface area contributed by atoms with Crippen LogP contribution in [0, 0.1) is 11.8 Å². The van der Waals surface area contributed by atoms with Crippen LogP contribution in [0.5, 0.6) is 0 Å². The second-order valence-corrected chi connectivity index (χ2v) is 6.19. The molecule has 1 fully saturated rings. The van der Waals surface area contributed by atoms with E-state index in [9.17, 15) is 4.79 Å². The molecule has 0 spiro atoms. The van der Waals surface area contributed by atoms with Crippen molar-refractivity contribution >= 4 is 13.8 Å². The molecule has 2 aliphatic rings. The zero-order chi connectivity index (χ0) is 14.9. The van der Waals surface area contributed by atoms with Gasteiger partial charge in [-0.3, -0.25) is 4.79 Å². The summed E-state index contributed by atoms with van der Waals surface area (Å²) < 4.78 is 11.5. The predicted octanol–water partition coefficient (Wildman–Crippen LogP) is 2.06. The summed E-state index contributed by atoms with van der Waals surface area (Å²) in [7, 11) is 2.10. The lowest BCUT2D eigenvalue weighted by Gasteiger charge is -2.32. The SMILES string of the molecule is B[C@@H]1O[C@@]2(CC(=O)OCc3ccccc3)C=CC[C@H]1C2C. The van der Waals surface area contributed by atoms with Crippen LogP contribution in [0.3, 0.4) is 0 Å². The molecule has 1 aromatic carbocycles. The van der Waals surface area contributed by atoms with Gasteiger partial charge in [-0.25, -0.2) is 0 Å². The van der Waals surface area contributed by atoms with Gasteiger partial charge in [0.05, 0.1) is 12.0 Å². The fourth-order valence-corrected chi connectivity index (χ4v) is 3.60. The second kappa shape index (κ2) is 5.68. The van der Waals surface area contributed by atoms with Gasteiger partial charge in [0, 0.05) is 6.00 Å². The van der Waals surface area contributed by atoms with Crippen molar-refractivity contribution < 1.29 is 14.3 Å². The second-order valence-electron chi connectivity index (χ2n) is 6.19. The van der Waals surface area contributed by atoms with Gasteiger partial charge in [-0.05, 0) is 23.8 Å². The Morgan fingerprint density at radius 1 is 1.43 bits per heavy atom. The van der Waals surface area contributed by atoms with Crippen molar-refractivity contribution in [3.05, 3.63) is 48.0 Å². The number of carbonyl (C=O) groups excluding carboxylic acids is 1. The third-order valence-corrected chi connectivity index (χ3v) is 4.89. The molecule has 4 atom stereocenters. The molecule has 21 heavy (non-hydrogen) atoms. The van der Waals surface area contributed by atoms with E-state index in [1.165, 1.54) is 0 Å². The van der Waals surface area contributed by atoms with Crippen molar-refractivity contribution in [1.29, 1.82) is 0 Å². The van der Waals surface area contributed by atoms with Gasteiger partial charge in [0.15, 0.2) is 0 Å². The first-order valence-corrected chi connectivity index (χ1v) is 7.66. The summed E-state index contributed by atoms with van der Waals surface area (Å²) in [6.45, 7) is 2.51. The third-order valence-electron chi connectivity index (χ3n) is 4.89. The minimum Gasteiger partial charge on any atom is -0.461 e. The summed E-state index contributed by atoms with van der Waals surface area (Å²) in [6.07, 6.45) is 5.57. The van der Waals surface area contributed by atoms with Crippen molar-refractivity contribution in [3.8, 4) is 0 Å². The van der Waals surface area contributed by atoms with Gasteiger partial charge in [0.1, 0.15) is 14.5 Å². The van der Waals surface area contributed by atoms with Gasteiger partial charge in [0.25, 0.3) is 0 Å². The highest BCUT2D eigenvalue weighted by Crippen LogP contribution is 2.47. The van der Waals surface area contributed by atoms with Crippen molar-refractivity contribution in [2.24, 2.45) is 11.8 Å². The molecule has 2 bridgehead atoms. The average molecular weight is 284 g/mol. The zero-order valence-electron chi connectivity index (χ0n) is 12.6. The molecule has 3 nitrogen and oxygen atoms in total. The third kappa shape index (κ3) is 2.77. The highest BCUT2D eigenvalue weighted by atomic mass is 16.5. The molecule has 1 saturated heterocycles. The van der Waals surface area contributed by atoms with Gasteiger partial charge < -0.3 is 9.47 Å². The van der Waals surface area contributed by atoms with Gasteiger partial charge in [-0.1, -0.05) is 49.4 Å². The monoisotopic (exact) mass is 284 g/mol. The molecular weight excluding hydrogens is 263 g/mol. The van der Waals surface area contributed by atoms with Crippen molar-refractivity contribution in [2.45, 2.75) is 38.0 Å². The molecule has 0 amide bonds. The molecule has 3 rings (SSSR count). The van der Waals surface area contributed by atoms with Gasteiger partial charge in [0.2, 0.25) is 0 Å². The number of allylic oxidation sites excluding steroid dienone is 1. The fraction of sp³-hybridized carbons (Fsp3) is 0.471. The van der Waals surface area contributed by atoms with Crippen molar-refractivity contribution in [1.82, 2.24) is 0 Å². The van der Waals surface area contributed by atoms with E-state index >= 15 is 0 Å². The first-order chi connectivity index (χ1) is 10.1. The molecule has 4 heteroatoms. The molecule has 0 radical (unpaired) electrons. The Kier molecular flexibility index (Phi) is 3.90. The number of esters is 1. The van der Waals surface area contributed by atoms with Crippen LogP contribution in [0.1, 0.15) is 25.3 Å². The molecule has 0 N–H and O–H groups in total. The molecule has 0 aromatic heterocycles. The maximum atomic E-state index is 12.2. The number of benzene rings is 1. The van der Waals surface area contributed by atoms with Crippen LogP contribution in [0.2, 0.25) is 0 Å². The van der Waals surface area contributed by atoms with Crippen LogP contribution in [0.15, 0.2) is 42.5 Å². The van der Waals surface area contributed by atoms with E-state index in [1.54, 1.807) is 0 Å². The molecule has 1 aliphatic heterocycles. The molecule has 0 saturated carbocycles. The largest absolute Gasteiger partial charge is 0.461 e. The summed E-state index contributed by atoms with van der Waals surface area (Å²) >= 11 is 0. The lowest BCUT2D eigenvalue weighted by molar-refractivity contribution is -0.150. The van der Waals surface area contributed by atoms with E-state index in [1.807, 2.05) is 30.3 Å². The number of rotatable bonds is 4. The molecule has 1 unspecified atom stereocenters. The standard InChI is InChI=1S/C17H21BO3/c1-12-14-8-5-9-17(12,21-16(14)18)10-15(19)20-11-13-6-3-2-4-7-13/h2-7,9,12,14,16H,8,10-11,18H2,1H3/t12?,14-,16+,17+/m0/s1. The molecule has 1 heterocycles. The first kappa shape index (κ1) is 14.4. The van der Waals surface area contributed by atoms with E-state index in [2.05, 4.69) is 26.9 Å². The molecular formula is C17H21BO3. The number of carbonyl (C=O) groups is 1. The molecule has 1 aliphatic carbocycles. The highest BCUT2D eigenvalue weighted by Gasteiger charge is 2.51. The summed E-state index contributed by atoms with van der Waals surface area (Å²) in [5, 5.41) is 0. The van der Waals surface area contributed by atoms with Gasteiger partial charge >= 0.3 is 5.97 Å².